The Labute approximate surface area is 243 Å². The monoisotopic (exact) mass is 604 g/mol. The van der Waals surface area contributed by atoms with Crippen molar-refractivity contribution in [2.24, 2.45) is 0 Å². The molecule has 38 heavy (non-hydrogen) atoms. The molecule has 228 valence electrons. The molecule has 1 fully saturated rings. The van der Waals surface area contributed by atoms with Gasteiger partial charge in [-0.2, -0.15) is 0 Å². The van der Waals surface area contributed by atoms with Gasteiger partial charge in [0.25, 0.3) is 0 Å². The maximum Gasteiger partial charge on any atom is 0.192 e. The van der Waals surface area contributed by atoms with Crippen LogP contribution in [0.15, 0.2) is 0 Å². The van der Waals surface area contributed by atoms with Crippen molar-refractivity contribution in [3.05, 3.63) is 0 Å². The third-order valence-electron chi connectivity index (χ3n) is 10.8. The average molecular weight is 605 g/mol. The number of rotatable bonds is 8. The molecule has 1 aliphatic rings. The minimum absolute atomic E-state index is 0.0269. The second-order valence-electron chi connectivity index (χ2n) is 18.1. The molecule has 4 nitrogen and oxygen atoms in total. The van der Waals surface area contributed by atoms with Gasteiger partial charge in [-0.05, 0) is 72.5 Å². The molecule has 4 atom stereocenters. The van der Waals surface area contributed by atoms with E-state index in [4.69, 9.17) is 17.7 Å². The fraction of sp³-hybridized carbons (Fsp3) is 1.00. The van der Waals surface area contributed by atoms with Crippen LogP contribution < -0.4 is 0 Å². The van der Waals surface area contributed by atoms with Crippen LogP contribution in [0.3, 0.4) is 0 Å². The van der Waals surface area contributed by atoms with Gasteiger partial charge in [-0.25, -0.2) is 0 Å². The predicted octanol–water partition coefficient (Wildman–Crippen LogP) is 10.3. The molecule has 0 aliphatic heterocycles. The Balaban J connectivity index is 3.60. The first-order valence-corrected chi connectivity index (χ1v) is 26.7. The van der Waals surface area contributed by atoms with Crippen molar-refractivity contribution >= 4 is 33.3 Å². The Bertz CT molecular complexity index is 650. The summed E-state index contributed by atoms with van der Waals surface area (Å²) in [5, 5.41) is 0.551. The molecular weight excluding hydrogens is 537 g/mol. The molecule has 0 aromatic heterocycles. The summed E-state index contributed by atoms with van der Waals surface area (Å²) in [5.74, 6) is 0. The molecule has 8 heteroatoms. The summed E-state index contributed by atoms with van der Waals surface area (Å²) in [6, 6.07) is 0. The van der Waals surface area contributed by atoms with Crippen molar-refractivity contribution in [3.63, 3.8) is 0 Å². The van der Waals surface area contributed by atoms with Crippen LogP contribution in [0.4, 0.5) is 0 Å². The van der Waals surface area contributed by atoms with Crippen molar-refractivity contribution in [1.82, 2.24) is 0 Å². The van der Waals surface area contributed by atoms with Crippen molar-refractivity contribution in [3.8, 4) is 0 Å². The van der Waals surface area contributed by atoms with Crippen LogP contribution in [0, 0.1) is 0 Å². The molecule has 0 bridgehead atoms. The third kappa shape index (κ3) is 8.85. The van der Waals surface area contributed by atoms with Gasteiger partial charge in [0, 0.05) is 12.8 Å². The lowest BCUT2D eigenvalue weighted by Gasteiger charge is -2.53. The van der Waals surface area contributed by atoms with Crippen LogP contribution in [0.5, 0.6) is 0 Å². The molecule has 0 amide bonds. The van der Waals surface area contributed by atoms with Crippen LogP contribution in [0.1, 0.15) is 95.9 Å². The summed E-state index contributed by atoms with van der Waals surface area (Å²) in [7, 11) is -8.08. The molecule has 0 saturated heterocycles. The van der Waals surface area contributed by atoms with E-state index in [0.29, 0.717) is 0 Å². The second kappa shape index (κ2) is 11.4. The SMILES string of the molecule is CC(C)(C)[Si](C)(C)O[C@H]1C[C@H](O[Si](C)(C)C(C)(C)C)[C@@H](O[Si](C)(C)C(C)(C)C)C[C@@H]1O[Si](C)(C)C(C)(C)C. The molecule has 1 saturated carbocycles. The first-order valence-electron chi connectivity index (χ1n) is 15.1. The summed E-state index contributed by atoms with van der Waals surface area (Å²) in [5.41, 5.74) is 0. The minimum Gasteiger partial charge on any atom is -0.411 e. The van der Waals surface area contributed by atoms with E-state index in [1.54, 1.807) is 0 Å². The maximum absolute atomic E-state index is 7.22. The highest BCUT2D eigenvalue weighted by atomic mass is 28.4. The van der Waals surface area contributed by atoms with Gasteiger partial charge in [-0.3, -0.25) is 0 Å². The van der Waals surface area contributed by atoms with E-state index >= 15 is 0 Å². The molecule has 0 radical (unpaired) electrons. The van der Waals surface area contributed by atoms with Crippen molar-refractivity contribution < 1.29 is 17.7 Å². The van der Waals surface area contributed by atoms with E-state index in [-0.39, 0.29) is 44.6 Å². The topological polar surface area (TPSA) is 36.9 Å². The van der Waals surface area contributed by atoms with Gasteiger partial charge in [0.15, 0.2) is 33.3 Å². The maximum atomic E-state index is 7.22. The lowest BCUT2D eigenvalue weighted by atomic mass is 9.90. The predicted molar refractivity (Wildman–Crippen MR) is 178 cm³/mol. The molecule has 0 heterocycles. The van der Waals surface area contributed by atoms with Gasteiger partial charge in [-0.1, -0.05) is 83.1 Å². The largest absolute Gasteiger partial charge is 0.411 e. The van der Waals surface area contributed by atoms with E-state index < -0.39 is 33.3 Å². The van der Waals surface area contributed by atoms with Crippen LogP contribution in [-0.4, -0.2) is 57.7 Å². The fourth-order valence-electron chi connectivity index (χ4n) is 3.78. The van der Waals surface area contributed by atoms with Gasteiger partial charge in [0.2, 0.25) is 0 Å². The molecule has 0 N–H and O–H groups in total. The normalized spacial score (nSPS) is 25.6. The number of hydrogen-bond acceptors (Lipinski definition) is 4. The highest BCUT2D eigenvalue weighted by Crippen LogP contribution is 2.47. The lowest BCUT2D eigenvalue weighted by molar-refractivity contribution is -0.0886. The van der Waals surface area contributed by atoms with E-state index in [9.17, 15) is 0 Å². The molecule has 0 spiro atoms. The Kier molecular flexibility index (Phi) is 11.0. The second-order valence-corrected chi connectivity index (χ2v) is 37.2. The van der Waals surface area contributed by atoms with Crippen molar-refractivity contribution in [2.45, 2.75) is 193 Å². The molecule has 0 aromatic rings. The fourth-order valence-corrected chi connectivity index (χ4v) is 9.22. The molecular formula is C30H68O4Si4. The van der Waals surface area contributed by atoms with E-state index in [1.807, 2.05) is 0 Å². The Hall–Kier alpha value is 0.708. The molecule has 1 rings (SSSR count). The zero-order valence-electron chi connectivity index (χ0n) is 29.4. The molecule has 0 aromatic carbocycles. The van der Waals surface area contributed by atoms with E-state index in [2.05, 4.69) is 135 Å². The van der Waals surface area contributed by atoms with Gasteiger partial charge in [0.05, 0.1) is 24.4 Å². The van der Waals surface area contributed by atoms with E-state index in [0.717, 1.165) is 12.8 Å². The number of hydrogen-bond donors (Lipinski definition) is 0. The summed E-state index contributed by atoms with van der Waals surface area (Å²) < 4.78 is 28.9. The highest BCUT2D eigenvalue weighted by molar-refractivity contribution is 6.75. The highest BCUT2D eigenvalue weighted by Gasteiger charge is 2.52. The standard InChI is InChI=1S/C30H68O4Si4/c1-27(2,3)35(13,14)31-23-21-25(33-37(17,18)29(7,8)9)26(34-38(19,20)30(10,11)12)22-24(23)32-36(15,16)28(4,5)6/h23-26H,21-22H2,1-20H3/t23-,24-,25-,26-/m0/s1. The summed E-state index contributed by atoms with van der Waals surface area (Å²) in [6.45, 7) is 47.0. The smallest absolute Gasteiger partial charge is 0.192 e. The van der Waals surface area contributed by atoms with Gasteiger partial charge < -0.3 is 17.7 Å². The first kappa shape index (κ1) is 36.7. The Morgan fingerprint density at radius 3 is 0.579 bits per heavy atom. The molecule has 1 aliphatic carbocycles. The van der Waals surface area contributed by atoms with Crippen LogP contribution in [0.2, 0.25) is 72.5 Å². The van der Waals surface area contributed by atoms with Crippen LogP contribution in [-0.2, 0) is 17.7 Å². The quantitative estimate of drug-likeness (QED) is 0.258. The Morgan fingerprint density at radius 1 is 0.342 bits per heavy atom. The zero-order valence-corrected chi connectivity index (χ0v) is 33.4. The van der Waals surface area contributed by atoms with Crippen LogP contribution in [0.25, 0.3) is 0 Å². The van der Waals surface area contributed by atoms with Gasteiger partial charge in [0.1, 0.15) is 0 Å². The minimum atomic E-state index is -2.02. The van der Waals surface area contributed by atoms with Gasteiger partial charge >= 0.3 is 0 Å². The third-order valence-corrected chi connectivity index (χ3v) is 28.8. The van der Waals surface area contributed by atoms with Crippen LogP contribution >= 0.6 is 0 Å². The zero-order chi connectivity index (χ0) is 30.6. The van der Waals surface area contributed by atoms with Crippen molar-refractivity contribution in [1.29, 1.82) is 0 Å². The summed E-state index contributed by atoms with van der Waals surface area (Å²) in [6.07, 6.45) is 1.80. The Morgan fingerprint density at radius 2 is 0.474 bits per heavy atom. The summed E-state index contributed by atoms with van der Waals surface area (Å²) >= 11 is 0. The lowest BCUT2D eigenvalue weighted by Crippen LogP contribution is -2.61. The van der Waals surface area contributed by atoms with E-state index in [1.165, 1.54) is 0 Å². The van der Waals surface area contributed by atoms with Crippen molar-refractivity contribution in [2.75, 3.05) is 0 Å². The summed E-state index contributed by atoms with van der Waals surface area (Å²) in [4.78, 5) is 0. The van der Waals surface area contributed by atoms with Gasteiger partial charge in [-0.15, -0.1) is 0 Å². The average Bonchev–Trinajstić information content (AvgIpc) is 2.60. The first-order chi connectivity index (χ1) is 16.3. The molecule has 0 unspecified atom stereocenters.